The molecule has 0 fully saturated rings. The summed E-state index contributed by atoms with van der Waals surface area (Å²) in [4.78, 5) is 1.28. The van der Waals surface area contributed by atoms with Crippen LogP contribution in [0.2, 0.25) is 5.02 Å². The number of halogens is 1. The second kappa shape index (κ2) is 6.89. The minimum atomic E-state index is -3.57. The maximum atomic E-state index is 12.5. The highest BCUT2D eigenvalue weighted by Gasteiger charge is 2.21. The molecule has 0 saturated heterocycles. The summed E-state index contributed by atoms with van der Waals surface area (Å²) in [5, 5.41) is 11.3. The van der Waals surface area contributed by atoms with E-state index in [0.717, 1.165) is 4.88 Å². The lowest BCUT2D eigenvalue weighted by Gasteiger charge is -2.17. The molecule has 1 N–H and O–H groups in total. The van der Waals surface area contributed by atoms with Crippen molar-refractivity contribution in [3.8, 4) is 0 Å². The molecule has 21 heavy (non-hydrogen) atoms. The van der Waals surface area contributed by atoms with E-state index in [9.17, 15) is 8.42 Å². The molecule has 1 heterocycles. The van der Waals surface area contributed by atoms with Crippen LogP contribution in [0.5, 0.6) is 0 Å². The topological polar surface area (TPSA) is 57.6 Å². The second-order valence-electron chi connectivity index (χ2n) is 4.57. The van der Waals surface area contributed by atoms with Crippen LogP contribution in [0.15, 0.2) is 40.6 Å². The summed E-state index contributed by atoms with van der Waals surface area (Å²) in [6.45, 7) is 0.190. The van der Waals surface area contributed by atoms with Crippen LogP contribution in [-0.4, -0.2) is 31.4 Å². The highest BCUT2D eigenvalue weighted by atomic mass is 35.5. The standard InChI is InChI=1S/C14H16ClNO3S2/c1-16(7-6-12-3-2-8-20-12)21(18,19)13-5-4-11(10-17)14(15)9-13/h2-5,8-9,17H,6-7,10H2,1H3. The third-order valence-electron chi connectivity index (χ3n) is 3.16. The van der Waals surface area contributed by atoms with Crippen molar-refractivity contribution in [2.75, 3.05) is 13.6 Å². The molecule has 0 radical (unpaired) electrons. The highest BCUT2D eigenvalue weighted by molar-refractivity contribution is 7.89. The molecule has 0 aliphatic rings. The molecular formula is C14H16ClNO3S2. The largest absolute Gasteiger partial charge is 0.392 e. The van der Waals surface area contributed by atoms with Crippen molar-refractivity contribution in [2.24, 2.45) is 0 Å². The van der Waals surface area contributed by atoms with Crippen LogP contribution in [0.4, 0.5) is 0 Å². The van der Waals surface area contributed by atoms with Gasteiger partial charge in [0.05, 0.1) is 11.5 Å². The van der Waals surface area contributed by atoms with E-state index >= 15 is 0 Å². The molecule has 0 saturated carbocycles. The number of likely N-dealkylation sites (N-methyl/N-ethyl adjacent to an activating group) is 1. The number of benzene rings is 1. The van der Waals surface area contributed by atoms with Crippen molar-refractivity contribution in [3.05, 3.63) is 51.2 Å². The molecule has 7 heteroatoms. The van der Waals surface area contributed by atoms with E-state index in [0.29, 0.717) is 18.5 Å². The smallest absolute Gasteiger partial charge is 0.242 e. The average molecular weight is 346 g/mol. The van der Waals surface area contributed by atoms with Gasteiger partial charge < -0.3 is 5.11 Å². The molecule has 0 unspecified atom stereocenters. The lowest BCUT2D eigenvalue weighted by Crippen LogP contribution is -2.29. The van der Waals surface area contributed by atoms with E-state index < -0.39 is 10.0 Å². The van der Waals surface area contributed by atoms with E-state index in [-0.39, 0.29) is 16.5 Å². The normalized spacial score (nSPS) is 12.0. The van der Waals surface area contributed by atoms with Crippen molar-refractivity contribution in [2.45, 2.75) is 17.9 Å². The second-order valence-corrected chi connectivity index (χ2v) is 8.05. The molecule has 0 amide bonds. The fourth-order valence-corrected chi connectivity index (χ4v) is 4.04. The predicted molar refractivity (Wildman–Crippen MR) is 85.2 cm³/mol. The molecule has 4 nitrogen and oxygen atoms in total. The first-order valence-corrected chi connectivity index (χ1v) is 9.03. The minimum Gasteiger partial charge on any atom is -0.392 e. The zero-order chi connectivity index (χ0) is 15.5. The fourth-order valence-electron chi connectivity index (χ4n) is 1.84. The molecule has 1 aromatic heterocycles. The van der Waals surface area contributed by atoms with Crippen molar-refractivity contribution in [3.63, 3.8) is 0 Å². The number of rotatable bonds is 6. The van der Waals surface area contributed by atoms with Crippen LogP contribution < -0.4 is 0 Å². The Morgan fingerprint density at radius 2 is 2.10 bits per heavy atom. The van der Waals surface area contributed by atoms with E-state index in [1.54, 1.807) is 18.4 Å². The number of aliphatic hydroxyl groups is 1. The van der Waals surface area contributed by atoms with Crippen molar-refractivity contribution in [1.29, 1.82) is 0 Å². The SMILES string of the molecule is CN(CCc1cccs1)S(=O)(=O)c1ccc(CO)c(Cl)c1. The Bertz CT molecular complexity index is 699. The van der Waals surface area contributed by atoms with Gasteiger partial charge in [-0.1, -0.05) is 23.7 Å². The molecule has 2 rings (SSSR count). The molecule has 114 valence electrons. The van der Waals surface area contributed by atoms with Gasteiger partial charge in [-0.2, -0.15) is 0 Å². The number of hydrogen-bond acceptors (Lipinski definition) is 4. The Kier molecular flexibility index (Phi) is 5.40. The number of aliphatic hydroxyl groups excluding tert-OH is 1. The lowest BCUT2D eigenvalue weighted by molar-refractivity contribution is 0.282. The van der Waals surface area contributed by atoms with Gasteiger partial charge in [0.25, 0.3) is 0 Å². The van der Waals surface area contributed by atoms with Gasteiger partial charge >= 0.3 is 0 Å². The van der Waals surface area contributed by atoms with Gasteiger partial charge in [-0.15, -0.1) is 11.3 Å². The fraction of sp³-hybridized carbons (Fsp3) is 0.286. The van der Waals surface area contributed by atoms with Gasteiger partial charge in [-0.3, -0.25) is 0 Å². The summed E-state index contributed by atoms with van der Waals surface area (Å²) in [6.07, 6.45) is 0.676. The Morgan fingerprint density at radius 1 is 1.33 bits per heavy atom. The Labute approximate surface area is 133 Å². The molecule has 0 bridgehead atoms. The number of sulfonamides is 1. The summed E-state index contributed by atoms with van der Waals surface area (Å²) in [5.74, 6) is 0. The Balaban J connectivity index is 2.14. The maximum Gasteiger partial charge on any atom is 0.242 e. The summed E-state index contributed by atoms with van der Waals surface area (Å²) in [6, 6.07) is 8.31. The van der Waals surface area contributed by atoms with Crippen LogP contribution in [0, 0.1) is 0 Å². The van der Waals surface area contributed by atoms with Gasteiger partial charge in [0.2, 0.25) is 10.0 Å². The first kappa shape index (κ1) is 16.5. The Morgan fingerprint density at radius 3 is 2.67 bits per heavy atom. The van der Waals surface area contributed by atoms with Crippen LogP contribution in [-0.2, 0) is 23.1 Å². The van der Waals surface area contributed by atoms with Crippen LogP contribution in [0.25, 0.3) is 0 Å². The predicted octanol–water partition coefficient (Wildman–Crippen LogP) is 2.76. The quantitative estimate of drug-likeness (QED) is 0.875. The summed E-state index contributed by atoms with van der Waals surface area (Å²) >= 11 is 7.57. The molecule has 2 aromatic rings. The first-order valence-electron chi connectivity index (χ1n) is 6.33. The number of hydrogen-bond donors (Lipinski definition) is 1. The summed E-state index contributed by atoms with van der Waals surface area (Å²) in [7, 11) is -2.02. The molecule has 0 aliphatic carbocycles. The average Bonchev–Trinajstić information content (AvgIpc) is 2.97. The van der Waals surface area contributed by atoms with E-state index in [4.69, 9.17) is 16.7 Å². The third kappa shape index (κ3) is 3.84. The molecule has 0 atom stereocenters. The molecule has 1 aromatic carbocycles. The van der Waals surface area contributed by atoms with Crippen molar-refractivity contribution < 1.29 is 13.5 Å². The monoisotopic (exact) mass is 345 g/mol. The van der Waals surface area contributed by atoms with Gasteiger partial charge in [-0.25, -0.2) is 12.7 Å². The van der Waals surface area contributed by atoms with Gasteiger partial charge in [0.1, 0.15) is 0 Å². The van der Waals surface area contributed by atoms with Crippen LogP contribution >= 0.6 is 22.9 Å². The lowest BCUT2D eigenvalue weighted by atomic mass is 10.2. The van der Waals surface area contributed by atoms with Gasteiger partial charge in [0, 0.05) is 23.5 Å². The summed E-state index contributed by atoms with van der Waals surface area (Å²) < 4.78 is 26.2. The van der Waals surface area contributed by atoms with E-state index in [1.165, 1.54) is 22.5 Å². The molecular weight excluding hydrogens is 330 g/mol. The summed E-state index contributed by atoms with van der Waals surface area (Å²) in [5.41, 5.74) is 0.511. The zero-order valence-corrected chi connectivity index (χ0v) is 13.9. The number of thiophene rings is 1. The van der Waals surface area contributed by atoms with E-state index in [2.05, 4.69) is 0 Å². The van der Waals surface area contributed by atoms with E-state index in [1.807, 2.05) is 17.5 Å². The molecule has 0 spiro atoms. The van der Waals surface area contributed by atoms with Gasteiger partial charge in [-0.05, 0) is 35.6 Å². The highest BCUT2D eigenvalue weighted by Crippen LogP contribution is 2.23. The van der Waals surface area contributed by atoms with Crippen LogP contribution in [0.1, 0.15) is 10.4 Å². The first-order chi connectivity index (χ1) is 9.95. The zero-order valence-electron chi connectivity index (χ0n) is 11.5. The van der Waals surface area contributed by atoms with Crippen LogP contribution in [0.3, 0.4) is 0 Å². The third-order valence-corrected chi connectivity index (χ3v) is 6.30. The number of nitrogens with zero attached hydrogens (tertiary/aromatic N) is 1. The minimum absolute atomic E-state index is 0.137. The van der Waals surface area contributed by atoms with Crippen molar-refractivity contribution >= 4 is 33.0 Å². The van der Waals surface area contributed by atoms with Gasteiger partial charge in [0.15, 0.2) is 0 Å². The Hall–Kier alpha value is -0.920. The van der Waals surface area contributed by atoms with Crippen molar-refractivity contribution in [1.82, 2.24) is 4.31 Å². The maximum absolute atomic E-state index is 12.5. The molecule has 0 aliphatic heterocycles.